The number of rotatable bonds is 35. The Morgan fingerprint density at radius 3 is 0.992 bits per heavy atom. The lowest BCUT2D eigenvalue weighted by Gasteiger charge is -2.26. The number of primary amides is 1. The number of nitrogens with zero attached hydrogens (tertiary/aromatic N) is 3. The topological polar surface area (TPSA) is 415 Å². The summed E-state index contributed by atoms with van der Waals surface area (Å²) >= 11 is 18.0. The molecule has 129 heavy (non-hydrogen) atoms. The van der Waals surface area contributed by atoms with Gasteiger partial charge < -0.3 is 85.2 Å². The number of aliphatic carboxylic acids is 1. The van der Waals surface area contributed by atoms with Gasteiger partial charge in [0, 0.05) is 52.6 Å². The minimum Gasteiger partial charge on any atom is -0.493 e. The van der Waals surface area contributed by atoms with Crippen LogP contribution in [0.25, 0.3) is 33.8 Å². The van der Waals surface area contributed by atoms with Crippen LogP contribution in [-0.4, -0.2) is 141 Å². The molecule has 3 aliphatic rings. The number of aliphatic hydroxyl groups is 3. The van der Waals surface area contributed by atoms with Gasteiger partial charge in [-0.15, -0.1) is 0 Å². The number of alkyl carbamates (subject to hydrolysis) is 2. The van der Waals surface area contributed by atoms with Crippen LogP contribution in [0.2, 0.25) is 15.1 Å². The molecule has 3 aromatic heterocycles. The van der Waals surface area contributed by atoms with Crippen LogP contribution in [0.15, 0.2) is 146 Å². The van der Waals surface area contributed by atoms with E-state index in [1.807, 2.05) is 0 Å². The Morgan fingerprint density at radius 1 is 0.426 bits per heavy atom. The highest BCUT2D eigenvalue weighted by Gasteiger charge is 2.37. The van der Waals surface area contributed by atoms with Crippen molar-refractivity contribution in [2.45, 2.75) is 204 Å². The van der Waals surface area contributed by atoms with Gasteiger partial charge in [-0.1, -0.05) is 34.8 Å². The number of ketones is 3. The molecule has 0 bridgehead atoms. The molecule has 3 heterocycles. The predicted octanol–water partition coefficient (Wildman–Crippen LogP) is 17.8. The van der Waals surface area contributed by atoms with E-state index in [4.69, 9.17) is 88.9 Å². The molecule has 10 N–H and O–H groups in total. The van der Waals surface area contributed by atoms with Crippen LogP contribution < -0.4 is 50.5 Å². The summed E-state index contributed by atoms with van der Waals surface area (Å²) in [5.41, 5.74) is 8.62. The SMILES string of the molecule is COC(=O)C(NC(=O)OC(C)(C)C)c1cc(-c2ccc(F)c(Cl)c2)nc(C(C)(O)CCC(=O)c2ccc(OC3CC3)c(OC)c2)c1.COc1cc(C(=O)CCC(C)(O)c2cc(C(N)C(=O)O)cc(-c3ccc(F)c(Cl)c3)n2)ccc1OC1CC1.COc1cc(C(=O)CCC(C)(O)c2cc(C(NC(=O)OC(C)(C)C)C(N)=O)cc(-c3ccc(F)c(Cl)c3)n2)ccc1OC1CC1. The maximum absolute atomic E-state index is 14.0. The molecule has 0 saturated heterocycles. The average molecular weight is 1840 g/mol. The van der Waals surface area contributed by atoms with Crippen LogP contribution in [0.5, 0.6) is 34.5 Å². The summed E-state index contributed by atoms with van der Waals surface area (Å²) in [6.45, 7) is 14.4. The average Bonchev–Trinajstić information content (AvgIpc) is 1.77. The highest BCUT2D eigenvalue weighted by molar-refractivity contribution is 6.31. The Hall–Kier alpha value is -12.0. The molecule has 3 amide bonds. The summed E-state index contributed by atoms with van der Waals surface area (Å²) in [7, 11) is 5.66. The lowest BCUT2D eigenvalue weighted by molar-refractivity contribution is -0.143. The Kier molecular flexibility index (Phi) is 32.4. The number of pyridine rings is 3. The van der Waals surface area contributed by atoms with E-state index in [2.05, 4.69) is 25.6 Å². The van der Waals surface area contributed by atoms with Crippen LogP contribution in [-0.2, 0) is 45.4 Å². The van der Waals surface area contributed by atoms with E-state index < -0.39 is 93.6 Å². The zero-order chi connectivity index (χ0) is 94.5. The summed E-state index contributed by atoms with van der Waals surface area (Å²) in [6, 6.07) is 31.2. The number of amides is 3. The molecule has 6 aromatic carbocycles. The molecule has 686 valence electrons. The standard InChI is InChI=1S/C34H38ClFN2O8.C33H37ClFN3O7.C28H28ClFN2O6/c1-33(2,3)46-32(41)38-30(31(40)44-6)21-16-25(19-7-11-24(36)23(35)15-19)37-29(18-21)34(4,42)14-13-26(39)20-8-12-27(28(17-20)43-5)45-22-9-10-22;1-32(2,3)45-31(41)38-29(30(36)40)20-15-24(18-6-10-23(35)22(34)14-18)37-28(17-20)33(4,42)13-12-25(39)19-7-11-26(27(16-19)43-5)44-21-8-9-21;1-28(36,10-9-22(33)16-4-8-23(24(13-16)37-2)38-18-5-6-18)25-14-17(26(31)27(34)35)12-21(32-25)15-3-7-20(30)19(29)11-15/h7-8,11-12,15-18,22,30,42H,9-10,13-14H2,1-6H3,(H,38,41);6-7,10-11,14-17,21,29,42H,8-9,12-13H2,1-5H3,(H2,36,40)(H,38,41);3-4,7-8,11-14,18,26,36H,5-6,9-10,31H2,1-2H3,(H,34,35). The number of methoxy groups -OCH3 is 4. The summed E-state index contributed by atoms with van der Waals surface area (Å²) in [5.74, 6) is -2.63. The van der Waals surface area contributed by atoms with Crippen molar-refractivity contribution in [3.05, 3.63) is 229 Å². The van der Waals surface area contributed by atoms with Gasteiger partial charge in [-0.05, 0) is 282 Å². The van der Waals surface area contributed by atoms with Crippen molar-refractivity contribution in [1.82, 2.24) is 25.6 Å². The van der Waals surface area contributed by atoms with E-state index in [-0.39, 0.29) is 140 Å². The minimum atomic E-state index is -1.70. The van der Waals surface area contributed by atoms with Gasteiger partial charge in [-0.3, -0.25) is 24.0 Å². The van der Waals surface area contributed by atoms with Gasteiger partial charge in [0.15, 0.2) is 57.9 Å². The number of carbonyl (C=O) groups is 8. The second-order valence-corrected chi connectivity index (χ2v) is 35.2. The first-order valence-electron chi connectivity index (χ1n) is 41.2. The maximum atomic E-state index is 14.0. The molecule has 0 spiro atoms. The van der Waals surface area contributed by atoms with Crippen LogP contribution in [0.4, 0.5) is 22.8 Å². The second kappa shape index (κ2) is 42.1. The molecule has 34 heteroatoms. The molecule has 3 aliphatic carbocycles. The quantitative estimate of drug-likeness (QED) is 0.0104. The molecule has 6 atom stereocenters. The number of nitrogens with two attached hydrogens (primary N) is 2. The largest absolute Gasteiger partial charge is 0.493 e. The van der Waals surface area contributed by atoms with E-state index in [9.17, 15) is 72.0 Å². The normalized spacial score (nSPS) is 15.1. The Morgan fingerprint density at radius 2 is 0.721 bits per heavy atom. The van der Waals surface area contributed by atoms with Crippen molar-refractivity contribution in [2.75, 3.05) is 28.4 Å². The van der Waals surface area contributed by atoms with Crippen molar-refractivity contribution in [2.24, 2.45) is 11.5 Å². The highest BCUT2D eigenvalue weighted by Crippen LogP contribution is 2.42. The number of nitrogens with one attached hydrogen (secondary N) is 2. The Labute approximate surface area is 758 Å². The second-order valence-electron chi connectivity index (χ2n) is 33.9. The summed E-state index contributed by atoms with van der Waals surface area (Å²) < 4.78 is 90.9. The van der Waals surface area contributed by atoms with Gasteiger partial charge in [0.1, 0.15) is 57.5 Å². The van der Waals surface area contributed by atoms with Crippen molar-refractivity contribution in [3.63, 3.8) is 0 Å². The summed E-state index contributed by atoms with van der Waals surface area (Å²) in [5, 5.41) is 48.5. The highest BCUT2D eigenvalue weighted by atomic mass is 35.5. The zero-order valence-electron chi connectivity index (χ0n) is 73.3. The van der Waals surface area contributed by atoms with Crippen molar-refractivity contribution < 1.29 is 115 Å². The Balaban J connectivity index is 0.000000202. The number of halogens is 6. The molecule has 9 aromatic rings. The number of ether oxygens (including phenoxy) is 9. The monoisotopic (exact) mass is 1840 g/mol. The third-order valence-corrected chi connectivity index (χ3v) is 21.5. The summed E-state index contributed by atoms with van der Waals surface area (Å²) in [4.78, 5) is 115. The van der Waals surface area contributed by atoms with Crippen LogP contribution in [0, 0.1) is 17.5 Å². The number of benzene rings is 6. The number of esters is 1. The number of aromatic nitrogens is 3. The van der Waals surface area contributed by atoms with Crippen molar-refractivity contribution in [3.8, 4) is 68.3 Å². The molecule has 0 radical (unpaired) electrons. The minimum absolute atomic E-state index is 0.0170. The molecule has 3 saturated carbocycles. The van der Waals surface area contributed by atoms with Gasteiger partial charge in [0.2, 0.25) is 5.91 Å². The number of carbonyl (C=O) groups excluding carboxylic acids is 7. The van der Waals surface area contributed by atoms with Gasteiger partial charge in [0.25, 0.3) is 0 Å². The lowest BCUT2D eigenvalue weighted by atomic mass is 9.90. The third-order valence-electron chi connectivity index (χ3n) is 20.6. The fourth-order valence-corrected chi connectivity index (χ4v) is 13.5. The van der Waals surface area contributed by atoms with E-state index >= 15 is 0 Å². The van der Waals surface area contributed by atoms with Crippen LogP contribution in [0.3, 0.4) is 0 Å². The summed E-state index contributed by atoms with van der Waals surface area (Å²) in [6.07, 6.45) is 4.27. The van der Waals surface area contributed by atoms with E-state index in [1.165, 1.54) is 115 Å². The van der Waals surface area contributed by atoms with E-state index in [0.717, 1.165) is 63.8 Å². The number of Topliss-reactive ketones (excluding diaryl/α,β-unsaturated/α-hetero) is 3. The van der Waals surface area contributed by atoms with E-state index in [1.54, 1.807) is 96.1 Å². The van der Waals surface area contributed by atoms with Gasteiger partial charge >= 0.3 is 24.1 Å². The molecule has 28 nitrogen and oxygen atoms in total. The van der Waals surface area contributed by atoms with Gasteiger partial charge in [-0.2, -0.15) is 0 Å². The first-order chi connectivity index (χ1) is 60.6. The fraction of sp³-hybridized carbons (Fsp3) is 0.379. The number of hydrogen-bond acceptors (Lipinski definition) is 24. The Bertz CT molecular complexity index is 5680. The zero-order valence-corrected chi connectivity index (χ0v) is 75.6. The fourth-order valence-electron chi connectivity index (χ4n) is 12.9. The molecular weight excluding hydrogens is 1740 g/mol. The van der Waals surface area contributed by atoms with Gasteiger partial charge in [-0.25, -0.2) is 42.5 Å². The van der Waals surface area contributed by atoms with E-state index in [0.29, 0.717) is 67.9 Å². The molecule has 0 aliphatic heterocycles. The van der Waals surface area contributed by atoms with Crippen LogP contribution in [0.1, 0.15) is 222 Å². The first-order valence-corrected chi connectivity index (χ1v) is 42.4. The van der Waals surface area contributed by atoms with Crippen molar-refractivity contribution >= 4 is 82.2 Å². The molecule has 6 unspecified atom stereocenters. The first kappa shape index (κ1) is 99.2. The van der Waals surface area contributed by atoms with Crippen LogP contribution >= 0.6 is 34.8 Å². The number of hydrogen-bond donors (Lipinski definition) is 8. The smallest absolute Gasteiger partial charge is 0.408 e. The predicted molar refractivity (Wildman–Crippen MR) is 473 cm³/mol. The third kappa shape index (κ3) is 27.8. The van der Waals surface area contributed by atoms with Gasteiger partial charge in [0.05, 0.1) is 96.0 Å². The molecule has 3 fully saturated rings. The number of carboxylic acid groups (broad SMARTS) is 1. The molecule has 12 rings (SSSR count). The molecular formula is C95H103Cl3F3N7O21. The number of carboxylic acids is 1. The maximum Gasteiger partial charge on any atom is 0.408 e. The lowest BCUT2D eigenvalue weighted by Crippen LogP contribution is -2.40. The van der Waals surface area contributed by atoms with Crippen molar-refractivity contribution in [1.29, 1.82) is 0 Å².